The number of aryl methyl sites for hydroxylation is 2. The van der Waals surface area contributed by atoms with E-state index in [2.05, 4.69) is 42.8 Å². The first-order valence-electron chi connectivity index (χ1n) is 10.5. The number of hydrogen-bond donors (Lipinski definition) is 0. The largest absolute Gasteiger partial charge is 0.494 e. The third-order valence-corrected chi connectivity index (χ3v) is 6.64. The SMILES string of the molecule is CCOc1ccc(CN(C)c2nc(CN3CCOCC3)nc3sc(C)c(C)c23)cc1. The van der Waals surface area contributed by atoms with E-state index in [4.69, 9.17) is 19.4 Å². The Bertz CT molecular complexity index is 997. The van der Waals surface area contributed by atoms with Gasteiger partial charge in [-0.25, -0.2) is 9.97 Å². The van der Waals surface area contributed by atoms with Crippen molar-refractivity contribution < 1.29 is 9.47 Å². The van der Waals surface area contributed by atoms with Crippen LogP contribution in [0.15, 0.2) is 24.3 Å². The molecule has 0 spiro atoms. The lowest BCUT2D eigenvalue weighted by molar-refractivity contribution is 0.0331. The Labute approximate surface area is 182 Å². The average molecular weight is 427 g/mol. The van der Waals surface area contributed by atoms with Crippen LogP contribution in [0.25, 0.3) is 10.2 Å². The Balaban J connectivity index is 1.63. The molecule has 4 rings (SSSR count). The fraction of sp³-hybridized carbons (Fsp3) is 0.478. The second-order valence-corrected chi connectivity index (χ2v) is 8.95. The van der Waals surface area contributed by atoms with Crippen molar-refractivity contribution in [2.24, 2.45) is 0 Å². The predicted molar refractivity (Wildman–Crippen MR) is 123 cm³/mol. The highest BCUT2D eigenvalue weighted by molar-refractivity contribution is 7.18. The third-order valence-electron chi connectivity index (χ3n) is 5.54. The maximum atomic E-state index is 5.57. The van der Waals surface area contributed by atoms with E-state index in [1.54, 1.807) is 11.3 Å². The summed E-state index contributed by atoms with van der Waals surface area (Å²) in [4.78, 5) is 16.9. The van der Waals surface area contributed by atoms with Gasteiger partial charge in [0, 0.05) is 31.6 Å². The van der Waals surface area contributed by atoms with Crippen molar-refractivity contribution in [1.82, 2.24) is 14.9 Å². The minimum absolute atomic E-state index is 0.681. The Morgan fingerprint density at radius 2 is 1.87 bits per heavy atom. The molecule has 1 aliphatic rings. The summed E-state index contributed by atoms with van der Waals surface area (Å²) in [5.41, 5.74) is 2.51. The van der Waals surface area contributed by atoms with Gasteiger partial charge in [-0.2, -0.15) is 0 Å². The zero-order valence-electron chi connectivity index (χ0n) is 18.3. The number of aromatic nitrogens is 2. The molecule has 1 fully saturated rings. The van der Waals surface area contributed by atoms with Crippen LogP contribution in [0.5, 0.6) is 5.75 Å². The molecule has 1 aromatic carbocycles. The van der Waals surface area contributed by atoms with Crippen molar-refractivity contribution in [1.29, 1.82) is 0 Å². The molecule has 1 aliphatic heterocycles. The van der Waals surface area contributed by atoms with E-state index >= 15 is 0 Å². The van der Waals surface area contributed by atoms with Gasteiger partial charge < -0.3 is 14.4 Å². The lowest BCUT2D eigenvalue weighted by atomic mass is 10.1. The molecule has 3 heterocycles. The smallest absolute Gasteiger partial charge is 0.146 e. The molecule has 160 valence electrons. The van der Waals surface area contributed by atoms with E-state index in [0.717, 1.165) is 61.6 Å². The van der Waals surface area contributed by atoms with E-state index in [9.17, 15) is 0 Å². The molecule has 1 saturated heterocycles. The first-order chi connectivity index (χ1) is 14.5. The molecular weight excluding hydrogens is 396 g/mol. The van der Waals surface area contributed by atoms with Crippen LogP contribution >= 0.6 is 11.3 Å². The summed E-state index contributed by atoms with van der Waals surface area (Å²) in [7, 11) is 2.11. The Morgan fingerprint density at radius 3 is 2.57 bits per heavy atom. The summed E-state index contributed by atoms with van der Waals surface area (Å²) in [5, 5.41) is 1.18. The van der Waals surface area contributed by atoms with Crippen molar-refractivity contribution in [3.05, 3.63) is 46.1 Å². The molecule has 3 aromatic rings. The number of fused-ring (bicyclic) bond motifs is 1. The standard InChI is InChI=1S/C23H30N4O2S/c1-5-29-19-8-6-18(7-9-19)14-26(4)22-21-16(2)17(3)30-23(21)25-20(24-22)15-27-10-12-28-13-11-27/h6-9H,5,10-15H2,1-4H3. The molecule has 0 saturated carbocycles. The molecule has 7 heteroatoms. The van der Waals surface area contributed by atoms with Crippen LogP contribution in [0.4, 0.5) is 5.82 Å². The lowest BCUT2D eigenvalue weighted by Crippen LogP contribution is -2.36. The summed E-state index contributed by atoms with van der Waals surface area (Å²) < 4.78 is 11.0. The first-order valence-corrected chi connectivity index (χ1v) is 11.4. The molecule has 0 atom stereocenters. The van der Waals surface area contributed by atoms with Crippen LogP contribution in [0.2, 0.25) is 0 Å². The van der Waals surface area contributed by atoms with Gasteiger partial charge in [0.15, 0.2) is 0 Å². The Morgan fingerprint density at radius 1 is 1.13 bits per heavy atom. The van der Waals surface area contributed by atoms with Crippen LogP contribution in [0.3, 0.4) is 0 Å². The Hall–Kier alpha value is -2.22. The van der Waals surface area contributed by atoms with Gasteiger partial charge in [-0.1, -0.05) is 12.1 Å². The predicted octanol–water partition coefficient (Wildman–Crippen LogP) is 4.18. The average Bonchev–Trinajstić information content (AvgIpc) is 3.03. The number of ether oxygens (including phenoxy) is 2. The van der Waals surface area contributed by atoms with E-state index in [0.29, 0.717) is 6.61 Å². The second-order valence-electron chi connectivity index (χ2n) is 7.75. The van der Waals surface area contributed by atoms with Gasteiger partial charge in [0.05, 0.1) is 31.8 Å². The van der Waals surface area contributed by atoms with Gasteiger partial charge in [-0.3, -0.25) is 4.90 Å². The van der Waals surface area contributed by atoms with E-state index < -0.39 is 0 Å². The third kappa shape index (κ3) is 4.58. The number of rotatable bonds is 7. The van der Waals surface area contributed by atoms with Gasteiger partial charge in [0.1, 0.15) is 22.2 Å². The fourth-order valence-electron chi connectivity index (χ4n) is 3.78. The minimum atomic E-state index is 0.681. The molecule has 30 heavy (non-hydrogen) atoms. The van der Waals surface area contributed by atoms with Crippen molar-refractivity contribution in [3.63, 3.8) is 0 Å². The number of anilines is 1. The number of nitrogens with zero attached hydrogens (tertiary/aromatic N) is 4. The molecule has 0 N–H and O–H groups in total. The van der Waals surface area contributed by atoms with Gasteiger partial charge >= 0.3 is 0 Å². The summed E-state index contributed by atoms with van der Waals surface area (Å²) in [6.07, 6.45) is 0. The zero-order chi connectivity index (χ0) is 21.1. The molecule has 0 radical (unpaired) electrons. The van der Waals surface area contributed by atoms with Crippen molar-refractivity contribution in [2.45, 2.75) is 33.9 Å². The lowest BCUT2D eigenvalue weighted by Gasteiger charge is -2.26. The normalized spacial score (nSPS) is 14.9. The first kappa shape index (κ1) is 21.0. The van der Waals surface area contributed by atoms with E-state index in [1.807, 2.05) is 19.1 Å². The molecule has 2 aromatic heterocycles. The van der Waals surface area contributed by atoms with Crippen molar-refractivity contribution >= 4 is 27.4 Å². The highest BCUT2D eigenvalue weighted by atomic mass is 32.1. The summed E-state index contributed by atoms with van der Waals surface area (Å²) >= 11 is 1.76. The molecular formula is C23H30N4O2S. The van der Waals surface area contributed by atoms with Crippen LogP contribution in [0, 0.1) is 13.8 Å². The topological polar surface area (TPSA) is 50.7 Å². The highest BCUT2D eigenvalue weighted by Crippen LogP contribution is 2.35. The maximum absolute atomic E-state index is 5.57. The quantitative estimate of drug-likeness (QED) is 0.565. The maximum Gasteiger partial charge on any atom is 0.146 e. The molecule has 6 nitrogen and oxygen atoms in total. The second kappa shape index (κ2) is 9.29. The van der Waals surface area contributed by atoms with Crippen LogP contribution in [-0.4, -0.2) is 54.8 Å². The van der Waals surface area contributed by atoms with Gasteiger partial charge in [-0.15, -0.1) is 11.3 Å². The molecule has 0 unspecified atom stereocenters. The van der Waals surface area contributed by atoms with Gasteiger partial charge in [0.2, 0.25) is 0 Å². The zero-order valence-corrected chi connectivity index (χ0v) is 19.1. The minimum Gasteiger partial charge on any atom is -0.494 e. The van der Waals surface area contributed by atoms with Gasteiger partial charge in [0.25, 0.3) is 0 Å². The number of benzene rings is 1. The molecule has 0 bridgehead atoms. The number of thiophene rings is 1. The number of morpholine rings is 1. The van der Waals surface area contributed by atoms with Crippen molar-refractivity contribution in [3.8, 4) is 5.75 Å². The summed E-state index contributed by atoms with van der Waals surface area (Å²) in [6.45, 7) is 12.0. The number of hydrogen-bond acceptors (Lipinski definition) is 7. The fourth-order valence-corrected chi connectivity index (χ4v) is 4.83. The van der Waals surface area contributed by atoms with Crippen LogP contribution in [0.1, 0.15) is 28.8 Å². The van der Waals surface area contributed by atoms with Crippen LogP contribution < -0.4 is 9.64 Å². The molecule has 0 amide bonds. The summed E-state index contributed by atoms with van der Waals surface area (Å²) in [6, 6.07) is 8.32. The monoisotopic (exact) mass is 426 g/mol. The van der Waals surface area contributed by atoms with E-state index in [-0.39, 0.29) is 0 Å². The van der Waals surface area contributed by atoms with Crippen molar-refractivity contribution in [2.75, 3.05) is 44.9 Å². The highest BCUT2D eigenvalue weighted by Gasteiger charge is 2.19. The van der Waals surface area contributed by atoms with E-state index in [1.165, 1.54) is 21.4 Å². The molecule has 0 aliphatic carbocycles. The summed E-state index contributed by atoms with van der Waals surface area (Å²) in [5.74, 6) is 2.81. The van der Waals surface area contributed by atoms with Gasteiger partial charge in [-0.05, 0) is 44.0 Å². The van der Waals surface area contributed by atoms with Crippen LogP contribution in [-0.2, 0) is 17.8 Å². The Kier molecular flexibility index (Phi) is 6.51.